The molecule has 0 spiro atoms. The molecule has 6 heteroatoms. The maximum Gasteiger partial charge on any atom is 0.321 e. The van der Waals surface area contributed by atoms with Gasteiger partial charge in [0.1, 0.15) is 0 Å². The van der Waals surface area contributed by atoms with Gasteiger partial charge in [0.15, 0.2) is 0 Å². The van der Waals surface area contributed by atoms with Crippen molar-refractivity contribution in [2.75, 3.05) is 23.8 Å². The summed E-state index contributed by atoms with van der Waals surface area (Å²) in [7, 11) is 1.79. The molecule has 0 fully saturated rings. The lowest BCUT2D eigenvalue weighted by Gasteiger charge is -2.23. The van der Waals surface area contributed by atoms with Gasteiger partial charge in [-0.3, -0.25) is 0 Å². The summed E-state index contributed by atoms with van der Waals surface area (Å²) in [5.41, 5.74) is 5.58. The summed E-state index contributed by atoms with van der Waals surface area (Å²) >= 11 is 1.60. The van der Waals surface area contributed by atoms with Gasteiger partial charge in [-0.2, -0.15) is 0 Å². The van der Waals surface area contributed by atoms with Crippen molar-refractivity contribution >= 4 is 28.7 Å². The van der Waals surface area contributed by atoms with Crippen LogP contribution in [0.4, 0.5) is 16.2 Å². The quantitative estimate of drug-likeness (QED) is 0.686. The second kappa shape index (κ2) is 8.02. The zero-order chi connectivity index (χ0) is 19.5. The number of nitrogens with zero attached hydrogens (tertiary/aromatic N) is 3. The van der Waals surface area contributed by atoms with Crippen molar-refractivity contribution in [2.24, 2.45) is 0 Å². The number of rotatable bonds is 5. The highest BCUT2D eigenvalue weighted by atomic mass is 32.1. The van der Waals surface area contributed by atoms with Gasteiger partial charge in [-0.15, -0.1) is 11.3 Å². The molecule has 0 aliphatic carbocycles. The molecule has 2 aromatic carbocycles. The highest BCUT2D eigenvalue weighted by Crippen LogP contribution is 2.30. The number of urea groups is 1. The van der Waals surface area contributed by atoms with E-state index >= 15 is 0 Å². The van der Waals surface area contributed by atoms with Crippen molar-refractivity contribution in [3.63, 3.8) is 0 Å². The predicted octanol–water partition coefficient (Wildman–Crippen LogP) is 4.68. The van der Waals surface area contributed by atoms with Crippen LogP contribution in [-0.4, -0.2) is 29.5 Å². The number of carbonyl (C=O) groups is 1. The van der Waals surface area contributed by atoms with E-state index in [9.17, 15) is 4.79 Å². The lowest BCUT2D eigenvalue weighted by Crippen LogP contribution is -2.31. The van der Waals surface area contributed by atoms with E-state index < -0.39 is 0 Å². The molecule has 2 amide bonds. The van der Waals surface area contributed by atoms with E-state index in [4.69, 9.17) is 0 Å². The maximum atomic E-state index is 12.7. The van der Waals surface area contributed by atoms with Gasteiger partial charge in [0.05, 0.1) is 17.2 Å². The fraction of sp³-hybridized carbons (Fsp3) is 0.273. The molecule has 0 saturated carbocycles. The Morgan fingerprint density at radius 1 is 1.21 bits per heavy atom. The summed E-state index contributed by atoms with van der Waals surface area (Å²) < 4.78 is 0. The molecule has 0 atom stereocenters. The van der Waals surface area contributed by atoms with Crippen molar-refractivity contribution in [3.8, 4) is 0 Å². The minimum absolute atomic E-state index is 0.125. The Balaban J connectivity index is 1.45. The van der Waals surface area contributed by atoms with E-state index in [1.807, 2.05) is 30.5 Å². The first-order valence-electron chi connectivity index (χ1n) is 9.44. The summed E-state index contributed by atoms with van der Waals surface area (Å²) in [4.78, 5) is 21.2. The Morgan fingerprint density at radius 3 is 2.82 bits per heavy atom. The molecule has 1 N–H and O–H groups in total. The van der Waals surface area contributed by atoms with E-state index in [0.29, 0.717) is 6.54 Å². The highest BCUT2D eigenvalue weighted by molar-refractivity contribution is 7.09. The van der Waals surface area contributed by atoms with Crippen LogP contribution in [0.2, 0.25) is 0 Å². The number of hydrogen-bond donors (Lipinski definition) is 1. The monoisotopic (exact) mass is 392 g/mol. The molecule has 0 unspecified atom stereocenters. The molecule has 0 saturated heterocycles. The third-order valence-electron chi connectivity index (χ3n) is 5.02. The van der Waals surface area contributed by atoms with Crippen LogP contribution in [0.3, 0.4) is 0 Å². The summed E-state index contributed by atoms with van der Waals surface area (Å²) in [6.07, 6.45) is 1.07. The lowest BCUT2D eigenvalue weighted by atomic mass is 10.1. The third-order valence-corrected chi connectivity index (χ3v) is 5.84. The van der Waals surface area contributed by atoms with Crippen LogP contribution < -0.4 is 10.2 Å². The van der Waals surface area contributed by atoms with Crippen molar-refractivity contribution < 1.29 is 4.79 Å². The fourth-order valence-electron chi connectivity index (χ4n) is 3.56. The topological polar surface area (TPSA) is 48.5 Å². The number of benzene rings is 2. The van der Waals surface area contributed by atoms with E-state index in [-0.39, 0.29) is 6.03 Å². The normalized spacial score (nSPS) is 12.7. The van der Waals surface area contributed by atoms with Crippen molar-refractivity contribution in [2.45, 2.75) is 26.4 Å². The molecule has 0 radical (unpaired) electrons. The summed E-state index contributed by atoms with van der Waals surface area (Å²) in [6, 6.07) is 16.5. The molecule has 28 heavy (non-hydrogen) atoms. The smallest absolute Gasteiger partial charge is 0.321 e. The molecule has 5 nitrogen and oxygen atoms in total. The van der Waals surface area contributed by atoms with Crippen LogP contribution >= 0.6 is 11.3 Å². The summed E-state index contributed by atoms with van der Waals surface area (Å²) in [5.74, 6) is 0. The van der Waals surface area contributed by atoms with Crippen molar-refractivity contribution in [1.82, 2.24) is 9.88 Å². The molecule has 1 aliphatic rings. The molecule has 3 aromatic rings. The molecule has 144 valence electrons. The van der Waals surface area contributed by atoms with Crippen molar-refractivity contribution in [3.05, 3.63) is 75.7 Å². The molecule has 0 bridgehead atoms. The van der Waals surface area contributed by atoms with Gasteiger partial charge in [-0.25, -0.2) is 9.78 Å². The summed E-state index contributed by atoms with van der Waals surface area (Å²) in [5, 5.41) is 6.08. The van der Waals surface area contributed by atoms with Gasteiger partial charge in [0.25, 0.3) is 0 Å². The molecular weight excluding hydrogens is 368 g/mol. The largest absolute Gasteiger partial charge is 0.367 e. The van der Waals surface area contributed by atoms with Crippen LogP contribution in [0.5, 0.6) is 0 Å². The number of fused-ring (bicyclic) bond motifs is 1. The van der Waals surface area contributed by atoms with Gasteiger partial charge >= 0.3 is 6.03 Å². The first-order valence-corrected chi connectivity index (χ1v) is 10.3. The average molecular weight is 393 g/mol. The van der Waals surface area contributed by atoms with Crippen LogP contribution in [0.15, 0.2) is 53.9 Å². The number of aromatic nitrogens is 1. The van der Waals surface area contributed by atoms with Gasteiger partial charge in [0.2, 0.25) is 0 Å². The number of thiazole rings is 1. The Hall–Kier alpha value is -2.86. The van der Waals surface area contributed by atoms with Gasteiger partial charge in [-0.05, 0) is 36.6 Å². The Labute approximate surface area is 169 Å². The molecule has 4 rings (SSSR count). The van der Waals surface area contributed by atoms with Crippen molar-refractivity contribution in [1.29, 1.82) is 0 Å². The number of nitrogens with one attached hydrogen (secondary N) is 1. The minimum Gasteiger partial charge on any atom is -0.367 e. The van der Waals surface area contributed by atoms with Crippen LogP contribution in [0.1, 0.15) is 21.8 Å². The van der Waals surface area contributed by atoms with Gasteiger partial charge in [0, 0.05) is 36.9 Å². The van der Waals surface area contributed by atoms with E-state index in [1.54, 1.807) is 23.3 Å². The minimum atomic E-state index is -0.125. The highest BCUT2D eigenvalue weighted by Gasteiger charge is 2.20. The zero-order valence-corrected chi connectivity index (χ0v) is 17.0. The number of aryl methyl sites for hydroxylation is 1. The molecule has 1 aliphatic heterocycles. The predicted molar refractivity (Wildman–Crippen MR) is 115 cm³/mol. The summed E-state index contributed by atoms with van der Waals surface area (Å²) in [6.45, 7) is 4.26. The fourth-order valence-corrected chi connectivity index (χ4v) is 4.17. The first kappa shape index (κ1) is 18.5. The molecule has 2 heterocycles. The second-order valence-corrected chi connectivity index (χ2v) is 8.16. The lowest BCUT2D eigenvalue weighted by molar-refractivity contribution is 0.220. The number of carbonyl (C=O) groups excluding carboxylic acids is 1. The number of anilines is 2. The van der Waals surface area contributed by atoms with Crippen LogP contribution in [0, 0.1) is 6.92 Å². The van der Waals surface area contributed by atoms with Gasteiger partial charge in [-0.1, -0.05) is 36.4 Å². The SMILES string of the molecule is Cc1nc(CN(C)C(=O)Nc2ccccc2CN2CCc3ccccc32)cs1. The Bertz CT molecular complexity index is 984. The van der Waals surface area contributed by atoms with Gasteiger partial charge < -0.3 is 15.1 Å². The van der Waals surface area contributed by atoms with Crippen LogP contribution in [0.25, 0.3) is 0 Å². The van der Waals surface area contributed by atoms with E-state index in [2.05, 4.69) is 45.5 Å². The molecule has 1 aromatic heterocycles. The first-order chi connectivity index (χ1) is 13.6. The van der Waals surface area contributed by atoms with Crippen LogP contribution in [-0.2, 0) is 19.5 Å². The molecular formula is C22H24N4OS. The number of amides is 2. The Morgan fingerprint density at radius 2 is 2.00 bits per heavy atom. The number of hydrogen-bond acceptors (Lipinski definition) is 4. The standard InChI is InChI=1S/C22H24N4OS/c1-16-23-19(15-28-16)14-25(2)22(27)24-20-9-5-3-8-18(20)13-26-12-11-17-7-4-6-10-21(17)26/h3-10,15H,11-14H2,1-2H3,(H,24,27). The Kier molecular flexibility index (Phi) is 5.30. The van der Waals surface area contributed by atoms with E-state index in [1.165, 1.54) is 11.3 Å². The second-order valence-electron chi connectivity index (χ2n) is 7.10. The maximum absolute atomic E-state index is 12.7. The number of para-hydroxylation sites is 2. The zero-order valence-electron chi connectivity index (χ0n) is 16.2. The average Bonchev–Trinajstić information content (AvgIpc) is 3.29. The third kappa shape index (κ3) is 4.02. The van der Waals surface area contributed by atoms with E-state index in [0.717, 1.165) is 41.5 Å².